The van der Waals surface area contributed by atoms with E-state index in [0.717, 1.165) is 30.5 Å². The van der Waals surface area contributed by atoms with Crippen molar-refractivity contribution in [3.63, 3.8) is 0 Å². The lowest BCUT2D eigenvalue weighted by Gasteiger charge is -2.35. The first-order valence-electron chi connectivity index (χ1n) is 9.74. The van der Waals surface area contributed by atoms with Crippen LogP contribution in [0.15, 0.2) is 30.5 Å². The van der Waals surface area contributed by atoms with Gasteiger partial charge >= 0.3 is 0 Å². The molecule has 1 aliphatic rings. The molecule has 30 heavy (non-hydrogen) atoms. The van der Waals surface area contributed by atoms with E-state index in [1.807, 2.05) is 19.2 Å². The highest BCUT2D eigenvalue weighted by atomic mass is 35.5. The van der Waals surface area contributed by atoms with Gasteiger partial charge < -0.3 is 10.2 Å². The number of benzene rings is 1. The number of anilines is 1. The number of hydrogen-bond acceptors (Lipinski definition) is 4. The van der Waals surface area contributed by atoms with Crippen molar-refractivity contribution in [1.82, 2.24) is 19.5 Å². The molecule has 1 N–H and O–H groups in total. The van der Waals surface area contributed by atoms with Gasteiger partial charge in [-0.3, -0.25) is 9.59 Å². The summed E-state index contributed by atoms with van der Waals surface area (Å²) in [5.41, 5.74) is 3.04. The Balaban J connectivity index is 1.72. The predicted molar refractivity (Wildman–Crippen MR) is 116 cm³/mol. The first-order valence-corrected chi connectivity index (χ1v) is 10.5. The minimum Gasteiger partial charge on any atom is -0.330 e. The van der Waals surface area contributed by atoms with Crippen LogP contribution in [0.2, 0.25) is 10.2 Å². The van der Waals surface area contributed by atoms with E-state index in [-0.39, 0.29) is 17.9 Å². The number of carbonyl (C=O) groups excluding carboxylic acids is 2. The fraction of sp³-hybridized carbons (Fsp3) is 0.333. The number of halogens is 2. The number of fused-ring (bicyclic) bond motifs is 1. The zero-order valence-corrected chi connectivity index (χ0v) is 18.2. The van der Waals surface area contributed by atoms with E-state index in [9.17, 15) is 9.59 Å². The summed E-state index contributed by atoms with van der Waals surface area (Å²) in [6, 6.07) is 6.56. The van der Waals surface area contributed by atoms with Crippen molar-refractivity contribution in [3.05, 3.63) is 57.5 Å². The maximum atomic E-state index is 13.5. The summed E-state index contributed by atoms with van der Waals surface area (Å²) in [6.45, 7) is 3.87. The molecular weight excluding hydrogens is 425 g/mol. The van der Waals surface area contributed by atoms with Crippen LogP contribution in [0.4, 0.5) is 5.69 Å². The van der Waals surface area contributed by atoms with Crippen LogP contribution in [0.1, 0.15) is 53.8 Å². The van der Waals surface area contributed by atoms with E-state index in [4.69, 9.17) is 23.2 Å². The van der Waals surface area contributed by atoms with Gasteiger partial charge in [-0.2, -0.15) is 5.10 Å². The Kier molecular flexibility index (Phi) is 5.66. The van der Waals surface area contributed by atoms with Crippen molar-refractivity contribution in [2.75, 3.05) is 11.9 Å². The molecule has 0 aliphatic carbocycles. The zero-order valence-electron chi connectivity index (χ0n) is 16.7. The monoisotopic (exact) mass is 445 g/mol. The molecule has 1 unspecified atom stereocenters. The molecule has 1 aromatic carbocycles. The molecule has 3 aromatic rings. The van der Waals surface area contributed by atoms with Gasteiger partial charge in [0.05, 0.1) is 23.0 Å². The van der Waals surface area contributed by atoms with Gasteiger partial charge in [0.15, 0.2) is 5.65 Å². The highest BCUT2D eigenvalue weighted by Gasteiger charge is 2.32. The van der Waals surface area contributed by atoms with E-state index in [2.05, 4.69) is 15.4 Å². The molecule has 156 valence electrons. The topological polar surface area (TPSA) is 79.6 Å². The van der Waals surface area contributed by atoms with Gasteiger partial charge in [0.1, 0.15) is 5.15 Å². The van der Waals surface area contributed by atoms with Crippen LogP contribution in [0.5, 0.6) is 0 Å². The summed E-state index contributed by atoms with van der Waals surface area (Å²) in [5, 5.41) is 8.25. The molecule has 1 atom stereocenters. The number of aromatic nitrogens is 3. The first kappa shape index (κ1) is 20.6. The molecule has 0 bridgehead atoms. The lowest BCUT2D eigenvalue weighted by molar-refractivity contribution is -0.114. The van der Waals surface area contributed by atoms with Crippen LogP contribution < -0.4 is 5.32 Å². The van der Waals surface area contributed by atoms with E-state index in [1.54, 1.807) is 27.6 Å². The van der Waals surface area contributed by atoms with Gasteiger partial charge in [-0.15, -0.1) is 0 Å². The highest BCUT2D eigenvalue weighted by molar-refractivity contribution is 6.31. The van der Waals surface area contributed by atoms with Crippen molar-refractivity contribution in [3.8, 4) is 0 Å². The number of hydrogen-bond donors (Lipinski definition) is 1. The van der Waals surface area contributed by atoms with Crippen LogP contribution in [0.3, 0.4) is 0 Å². The summed E-state index contributed by atoms with van der Waals surface area (Å²) in [5.74, 6) is -0.439. The summed E-state index contributed by atoms with van der Waals surface area (Å²) in [4.78, 5) is 31.3. The SMILES string of the molecule is CC(=O)Nc1ccc(Cl)cc1C(=O)N1CCCCC1c1cc2nc(Cl)c(C)cn2n1. The normalized spacial score (nSPS) is 16.7. The molecule has 1 fully saturated rings. The summed E-state index contributed by atoms with van der Waals surface area (Å²) < 4.78 is 1.69. The minimum atomic E-state index is -0.250. The molecule has 0 saturated carbocycles. The van der Waals surface area contributed by atoms with Crippen LogP contribution in [-0.4, -0.2) is 37.9 Å². The summed E-state index contributed by atoms with van der Waals surface area (Å²) in [7, 11) is 0. The lowest BCUT2D eigenvalue weighted by Crippen LogP contribution is -2.39. The average molecular weight is 446 g/mol. The van der Waals surface area contributed by atoms with Gasteiger partial charge in [0.2, 0.25) is 5.91 Å². The predicted octanol–water partition coefficient (Wildman–Crippen LogP) is 4.67. The maximum Gasteiger partial charge on any atom is 0.256 e. The Morgan fingerprint density at radius 3 is 2.77 bits per heavy atom. The van der Waals surface area contributed by atoms with Gasteiger partial charge in [0.25, 0.3) is 5.91 Å². The van der Waals surface area contributed by atoms with Crippen LogP contribution in [0, 0.1) is 6.92 Å². The van der Waals surface area contributed by atoms with E-state index in [1.165, 1.54) is 6.92 Å². The third-order valence-electron chi connectivity index (χ3n) is 5.22. The van der Waals surface area contributed by atoms with Crippen LogP contribution in [0.25, 0.3) is 5.65 Å². The summed E-state index contributed by atoms with van der Waals surface area (Å²) in [6.07, 6.45) is 4.51. The minimum absolute atomic E-state index is 0.190. The van der Waals surface area contributed by atoms with Crippen molar-refractivity contribution < 1.29 is 9.59 Å². The lowest BCUT2D eigenvalue weighted by atomic mass is 9.98. The van der Waals surface area contributed by atoms with E-state index < -0.39 is 0 Å². The Bertz CT molecular complexity index is 1100. The average Bonchev–Trinajstić information content (AvgIpc) is 3.11. The largest absolute Gasteiger partial charge is 0.330 e. The molecule has 1 saturated heterocycles. The number of nitrogens with one attached hydrogen (secondary N) is 1. The molecule has 4 rings (SSSR count). The molecule has 2 amide bonds. The second kappa shape index (κ2) is 8.24. The third-order valence-corrected chi connectivity index (χ3v) is 5.83. The standard InChI is InChI=1S/C21H21Cl2N5O2/c1-12-11-28-19(25-20(12)23)10-17(26-28)18-5-3-4-8-27(18)21(30)15-9-14(22)6-7-16(15)24-13(2)29/h6-7,9-11,18H,3-5,8H2,1-2H3,(H,24,29). The molecular formula is C21H21Cl2N5O2. The summed E-state index contributed by atoms with van der Waals surface area (Å²) >= 11 is 12.3. The first-order chi connectivity index (χ1) is 14.3. The number of amides is 2. The number of nitrogens with zero attached hydrogens (tertiary/aromatic N) is 4. The van der Waals surface area contributed by atoms with Gasteiger partial charge in [-0.05, 0) is 44.4 Å². The van der Waals surface area contributed by atoms with Crippen molar-refractivity contribution >= 4 is 46.4 Å². The zero-order chi connectivity index (χ0) is 21.4. The number of rotatable bonds is 3. The van der Waals surface area contributed by atoms with E-state index >= 15 is 0 Å². The van der Waals surface area contributed by atoms with Gasteiger partial charge in [0, 0.05) is 36.3 Å². The second-order valence-corrected chi connectivity index (χ2v) is 8.26. The fourth-order valence-electron chi connectivity index (χ4n) is 3.80. The smallest absolute Gasteiger partial charge is 0.256 e. The number of likely N-dealkylation sites (tertiary alicyclic amines) is 1. The number of carbonyl (C=O) groups is 2. The van der Waals surface area contributed by atoms with Crippen molar-refractivity contribution in [2.24, 2.45) is 0 Å². The molecule has 9 heteroatoms. The maximum absolute atomic E-state index is 13.5. The molecule has 0 spiro atoms. The molecule has 3 heterocycles. The molecule has 0 radical (unpaired) electrons. The van der Waals surface area contributed by atoms with Crippen molar-refractivity contribution in [2.45, 2.75) is 39.2 Å². The molecule has 7 nitrogen and oxygen atoms in total. The Hall–Kier alpha value is -2.64. The third kappa shape index (κ3) is 4.00. The Morgan fingerprint density at radius 1 is 1.20 bits per heavy atom. The highest BCUT2D eigenvalue weighted by Crippen LogP contribution is 2.34. The molecule has 1 aliphatic heterocycles. The number of aryl methyl sites for hydroxylation is 1. The quantitative estimate of drug-likeness (QED) is 0.593. The molecule has 2 aromatic heterocycles. The Morgan fingerprint density at radius 2 is 2.00 bits per heavy atom. The van der Waals surface area contributed by atoms with E-state index in [0.29, 0.717) is 33.6 Å². The second-order valence-electron chi connectivity index (χ2n) is 7.47. The number of piperidine rings is 1. The van der Waals surface area contributed by atoms with Gasteiger partial charge in [-0.1, -0.05) is 23.2 Å². The Labute approximate surface area is 184 Å². The van der Waals surface area contributed by atoms with Crippen LogP contribution in [-0.2, 0) is 4.79 Å². The fourth-order valence-corrected chi connectivity index (χ4v) is 4.11. The van der Waals surface area contributed by atoms with Crippen LogP contribution >= 0.6 is 23.2 Å². The van der Waals surface area contributed by atoms with Crippen molar-refractivity contribution in [1.29, 1.82) is 0 Å². The van der Waals surface area contributed by atoms with Gasteiger partial charge in [-0.25, -0.2) is 9.50 Å².